The first-order chi connectivity index (χ1) is 11.6. The van der Waals surface area contributed by atoms with Gasteiger partial charge in [-0.15, -0.1) is 12.4 Å². The van der Waals surface area contributed by atoms with Crippen LogP contribution in [0, 0.1) is 0 Å². The third kappa shape index (κ3) is 6.81. The summed E-state index contributed by atoms with van der Waals surface area (Å²) in [4.78, 5) is 2.35. The van der Waals surface area contributed by atoms with E-state index in [1.807, 2.05) is 24.3 Å². The molecule has 0 aromatic heterocycles. The first-order valence-electron chi connectivity index (χ1n) is 8.55. The maximum Gasteiger partial charge on any atom is 0.119 e. The third-order valence-corrected chi connectivity index (χ3v) is 4.16. The van der Waals surface area contributed by atoms with E-state index in [0.717, 1.165) is 42.1 Å². The van der Waals surface area contributed by atoms with Gasteiger partial charge in [0.15, 0.2) is 0 Å². The molecule has 136 valence electrons. The number of hydrogen-bond donors (Lipinski definition) is 1. The van der Waals surface area contributed by atoms with E-state index < -0.39 is 0 Å². The average molecular weight is 362 g/mol. The molecule has 0 heterocycles. The summed E-state index contributed by atoms with van der Waals surface area (Å²) in [5.41, 5.74) is 3.40. The average Bonchev–Trinajstić information content (AvgIpc) is 2.60. The molecule has 0 saturated carbocycles. The highest BCUT2D eigenvalue weighted by Gasteiger charge is 2.00. The van der Waals surface area contributed by atoms with E-state index in [2.05, 4.69) is 43.9 Å². The predicted molar refractivity (Wildman–Crippen MR) is 109 cm³/mol. The Morgan fingerprint density at radius 2 is 1.60 bits per heavy atom. The maximum atomic E-state index is 9.36. The second-order valence-electron chi connectivity index (χ2n) is 5.82. The number of phenolic OH excluding ortho intramolecular Hbond substituents is 1. The highest BCUT2D eigenvalue weighted by molar-refractivity contribution is 5.85. The molecule has 2 aromatic rings. The van der Waals surface area contributed by atoms with E-state index in [9.17, 15) is 5.11 Å². The van der Waals surface area contributed by atoms with E-state index in [-0.39, 0.29) is 18.2 Å². The minimum atomic E-state index is 0. The van der Waals surface area contributed by atoms with Crippen LogP contribution in [0.1, 0.15) is 31.9 Å². The Kier molecular flexibility index (Phi) is 9.11. The van der Waals surface area contributed by atoms with Gasteiger partial charge in [0.1, 0.15) is 18.1 Å². The van der Waals surface area contributed by atoms with Crippen LogP contribution in [0.2, 0.25) is 0 Å². The molecule has 0 bridgehead atoms. The first kappa shape index (κ1) is 21.1. The van der Waals surface area contributed by atoms with Crippen LogP contribution in [-0.4, -0.2) is 36.2 Å². The van der Waals surface area contributed by atoms with Crippen molar-refractivity contribution in [1.29, 1.82) is 0 Å². The third-order valence-electron chi connectivity index (χ3n) is 4.16. The normalized spacial score (nSPS) is 11.3. The van der Waals surface area contributed by atoms with E-state index in [4.69, 9.17) is 4.74 Å². The summed E-state index contributed by atoms with van der Waals surface area (Å²) < 4.78 is 5.81. The summed E-state index contributed by atoms with van der Waals surface area (Å²) in [6, 6.07) is 15.4. The molecule has 0 atom stereocenters. The van der Waals surface area contributed by atoms with Gasteiger partial charge in [-0.2, -0.15) is 0 Å². The minimum absolute atomic E-state index is 0. The smallest absolute Gasteiger partial charge is 0.119 e. The summed E-state index contributed by atoms with van der Waals surface area (Å²) in [6.07, 6.45) is 2.13. The van der Waals surface area contributed by atoms with Gasteiger partial charge in [-0.05, 0) is 61.0 Å². The molecule has 0 amide bonds. The monoisotopic (exact) mass is 361 g/mol. The molecular formula is C21H28ClNO2. The lowest BCUT2D eigenvalue weighted by atomic mass is 10.0. The molecule has 2 rings (SSSR count). The van der Waals surface area contributed by atoms with Crippen LogP contribution in [-0.2, 0) is 0 Å². The number of benzene rings is 2. The second kappa shape index (κ2) is 10.8. The van der Waals surface area contributed by atoms with Crippen LogP contribution < -0.4 is 4.74 Å². The van der Waals surface area contributed by atoms with Crippen molar-refractivity contribution in [3.05, 3.63) is 59.7 Å². The van der Waals surface area contributed by atoms with Gasteiger partial charge in [0.25, 0.3) is 0 Å². The van der Waals surface area contributed by atoms with Crippen LogP contribution in [0.25, 0.3) is 11.6 Å². The van der Waals surface area contributed by atoms with Crippen LogP contribution in [0.5, 0.6) is 11.5 Å². The molecule has 0 aliphatic heterocycles. The van der Waals surface area contributed by atoms with Crippen LogP contribution in [0.15, 0.2) is 48.5 Å². The summed E-state index contributed by atoms with van der Waals surface area (Å²) >= 11 is 0. The summed E-state index contributed by atoms with van der Waals surface area (Å²) in [6.45, 7) is 10.2. The zero-order chi connectivity index (χ0) is 17.4. The van der Waals surface area contributed by atoms with E-state index in [1.54, 1.807) is 12.1 Å². The van der Waals surface area contributed by atoms with Gasteiger partial charge in [-0.3, -0.25) is 0 Å². The lowest BCUT2D eigenvalue weighted by Gasteiger charge is -2.18. The molecule has 0 aliphatic rings. The highest BCUT2D eigenvalue weighted by atomic mass is 35.5. The van der Waals surface area contributed by atoms with Gasteiger partial charge in [0, 0.05) is 6.54 Å². The number of likely N-dealkylation sites (N-methyl/N-ethyl adjacent to an activating group) is 1. The van der Waals surface area contributed by atoms with Gasteiger partial charge in [0.2, 0.25) is 0 Å². The number of phenols is 1. The number of hydrogen-bond acceptors (Lipinski definition) is 3. The van der Waals surface area contributed by atoms with Gasteiger partial charge in [-0.1, -0.05) is 44.2 Å². The maximum absolute atomic E-state index is 9.36. The quantitative estimate of drug-likeness (QED) is 0.664. The van der Waals surface area contributed by atoms with E-state index in [0.29, 0.717) is 6.61 Å². The van der Waals surface area contributed by atoms with Crippen molar-refractivity contribution in [2.75, 3.05) is 26.2 Å². The Hall–Kier alpha value is -1.97. The van der Waals surface area contributed by atoms with Crippen molar-refractivity contribution >= 4 is 24.1 Å². The minimum Gasteiger partial charge on any atom is -0.508 e. The summed E-state index contributed by atoms with van der Waals surface area (Å²) in [5.74, 6) is 1.19. The van der Waals surface area contributed by atoms with Gasteiger partial charge in [0.05, 0.1) is 0 Å². The molecular weight excluding hydrogens is 334 g/mol. The molecule has 25 heavy (non-hydrogen) atoms. The Balaban J connectivity index is 0.00000312. The largest absolute Gasteiger partial charge is 0.508 e. The number of rotatable bonds is 8. The van der Waals surface area contributed by atoms with E-state index >= 15 is 0 Å². The standard InChI is InChI=1S/C21H27NO2.ClH/c1-4-22(5-2)14-15-24-21-12-6-18(7-13-21)16-17(3)19-8-10-20(23)11-9-19;/h6-13,16,23H,4-5,14-15H2,1-3H3;1H/b17-16+;. The van der Waals surface area contributed by atoms with Crippen LogP contribution in [0.4, 0.5) is 0 Å². The van der Waals surface area contributed by atoms with Crippen molar-refractivity contribution in [2.45, 2.75) is 20.8 Å². The molecule has 0 radical (unpaired) electrons. The first-order valence-corrected chi connectivity index (χ1v) is 8.55. The fourth-order valence-electron chi connectivity index (χ4n) is 2.55. The van der Waals surface area contributed by atoms with Gasteiger partial charge < -0.3 is 14.7 Å². The molecule has 3 nitrogen and oxygen atoms in total. The predicted octanol–water partition coefficient (Wildman–Crippen LogP) is 5.10. The van der Waals surface area contributed by atoms with Crippen LogP contribution >= 0.6 is 12.4 Å². The SMILES string of the molecule is CCN(CC)CCOc1ccc(/C=C(\C)c2ccc(O)cc2)cc1.Cl. The number of aromatic hydroxyl groups is 1. The summed E-state index contributed by atoms with van der Waals surface area (Å²) in [5, 5.41) is 9.36. The number of allylic oxidation sites excluding steroid dienone is 1. The lowest BCUT2D eigenvalue weighted by Crippen LogP contribution is -2.27. The molecule has 0 unspecified atom stereocenters. The zero-order valence-corrected chi connectivity index (χ0v) is 16.1. The molecule has 0 saturated heterocycles. The molecule has 2 aromatic carbocycles. The van der Waals surface area contributed by atoms with Crippen molar-refractivity contribution in [3.8, 4) is 11.5 Å². The fourth-order valence-corrected chi connectivity index (χ4v) is 2.55. The Morgan fingerprint density at radius 3 is 2.16 bits per heavy atom. The van der Waals surface area contributed by atoms with Crippen molar-refractivity contribution in [3.63, 3.8) is 0 Å². The number of halogens is 1. The van der Waals surface area contributed by atoms with Crippen molar-refractivity contribution < 1.29 is 9.84 Å². The summed E-state index contributed by atoms with van der Waals surface area (Å²) in [7, 11) is 0. The number of ether oxygens (including phenoxy) is 1. The number of nitrogens with zero attached hydrogens (tertiary/aromatic N) is 1. The Morgan fingerprint density at radius 1 is 1.00 bits per heavy atom. The second-order valence-corrected chi connectivity index (χ2v) is 5.82. The molecule has 0 spiro atoms. The van der Waals surface area contributed by atoms with Gasteiger partial charge >= 0.3 is 0 Å². The zero-order valence-electron chi connectivity index (χ0n) is 15.2. The highest BCUT2D eigenvalue weighted by Crippen LogP contribution is 2.21. The van der Waals surface area contributed by atoms with Crippen molar-refractivity contribution in [2.24, 2.45) is 0 Å². The van der Waals surface area contributed by atoms with E-state index in [1.165, 1.54) is 0 Å². The fraction of sp³-hybridized carbons (Fsp3) is 0.333. The lowest BCUT2D eigenvalue weighted by molar-refractivity contribution is 0.223. The molecule has 0 fully saturated rings. The molecule has 4 heteroatoms. The van der Waals surface area contributed by atoms with Gasteiger partial charge in [-0.25, -0.2) is 0 Å². The van der Waals surface area contributed by atoms with Crippen molar-refractivity contribution in [1.82, 2.24) is 4.90 Å². The Bertz CT molecular complexity index is 647. The van der Waals surface area contributed by atoms with Crippen LogP contribution in [0.3, 0.4) is 0 Å². The molecule has 0 aliphatic carbocycles. The molecule has 1 N–H and O–H groups in total. The topological polar surface area (TPSA) is 32.7 Å². The Labute approximate surface area is 157 Å².